The van der Waals surface area contributed by atoms with Crippen LogP contribution in [0.4, 0.5) is 0 Å². The number of likely N-dealkylation sites (tertiary alicyclic amines) is 1. The highest BCUT2D eigenvalue weighted by Gasteiger charge is 2.19. The molecule has 0 N–H and O–H groups in total. The van der Waals surface area contributed by atoms with Crippen LogP contribution in [-0.4, -0.2) is 42.2 Å². The van der Waals surface area contributed by atoms with E-state index in [1.807, 2.05) is 0 Å². The molecule has 0 aliphatic carbocycles. The molecule has 1 saturated heterocycles. The minimum atomic E-state index is 0.451. The van der Waals surface area contributed by atoms with Gasteiger partial charge in [0.2, 0.25) is 11.8 Å². The van der Waals surface area contributed by atoms with Crippen molar-refractivity contribution in [1.29, 1.82) is 0 Å². The number of rotatable bonds is 5. The minimum Gasteiger partial charge on any atom is -0.481 e. The van der Waals surface area contributed by atoms with Crippen LogP contribution in [0.15, 0.2) is 30.3 Å². The van der Waals surface area contributed by atoms with Crippen LogP contribution >= 0.6 is 0 Å². The monoisotopic (exact) mass is 313 g/mol. The molecular weight excluding hydrogens is 290 g/mol. The number of ether oxygens (including phenoxy) is 2. The van der Waals surface area contributed by atoms with Gasteiger partial charge in [0.05, 0.1) is 20.3 Å². The Labute approximate surface area is 137 Å². The van der Waals surface area contributed by atoms with Crippen molar-refractivity contribution < 1.29 is 9.47 Å². The van der Waals surface area contributed by atoms with Crippen LogP contribution < -0.4 is 9.47 Å². The summed E-state index contributed by atoms with van der Waals surface area (Å²) < 4.78 is 10.4. The van der Waals surface area contributed by atoms with Gasteiger partial charge < -0.3 is 9.47 Å². The summed E-state index contributed by atoms with van der Waals surface area (Å²) in [5.74, 6) is 1.62. The Kier molecular flexibility index (Phi) is 4.76. The Morgan fingerprint density at radius 1 is 0.957 bits per heavy atom. The molecule has 0 amide bonds. The maximum Gasteiger partial charge on any atom is 0.220 e. The number of methoxy groups -OCH3 is 2. The molecule has 1 aromatic carbocycles. The summed E-state index contributed by atoms with van der Waals surface area (Å²) in [4.78, 5) is 11.3. The largest absolute Gasteiger partial charge is 0.481 e. The molecule has 5 heteroatoms. The first-order valence-corrected chi connectivity index (χ1v) is 8.02. The maximum absolute atomic E-state index is 5.21. The predicted molar refractivity (Wildman–Crippen MR) is 89.8 cm³/mol. The van der Waals surface area contributed by atoms with Crippen LogP contribution in [0, 0.1) is 0 Å². The smallest absolute Gasteiger partial charge is 0.220 e. The lowest BCUT2D eigenvalue weighted by atomic mass is 10.0. The Morgan fingerprint density at radius 3 is 2.04 bits per heavy atom. The second-order valence-corrected chi connectivity index (χ2v) is 5.82. The molecule has 2 aromatic rings. The highest BCUT2D eigenvalue weighted by Crippen LogP contribution is 2.27. The summed E-state index contributed by atoms with van der Waals surface area (Å²) in [6.07, 6.45) is 2.61. The Balaban J connectivity index is 1.84. The first-order chi connectivity index (χ1) is 11.2. The van der Waals surface area contributed by atoms with Crippen LogP contribution in [0.5, 0.6) is 11.8 Å². The zero-order valence-electron chi connectivity index (χ0n) is 14.0. The molecule has 1 aromatic heterocycles. The van der Waals surface area contributed by atoms with E-state index >= 15 is 0 Å². The van der Waals surface area contributed by atoms with Gasteiger partial charge in [0, 0.05) is 11.6 Å². The van der Waals surface area contributed by atoms with Crippen molar-refractivity contribution in [3.05, 3.63) is 35.9 Å². The molecule has 2 heterocycles. The van der Waals surface area contributed by atoms with Gasteiger partial charge in [-0.15, -0.1) is 0 Å². The lowest BCUT2D eigenvalue weighted by Gasteiger charge is -2.24. The first-order valence-electron chi connectivity index (χ1n) is 8.02. The second kappa shape index (κ2) is 6.96. The van der Waals surface area contributed by atoms with Crippen molar-refractivity contribution in [2.24, 2.45) is 0 Å². The third kappa shape index (κ3) is 3.45. The summed E-state index contributed by atoms with van der Waals surface area (Å²) >= 11 is 0. The molecule has 1 fully saturated rings. The molecule has 23 heavy (non-hydrogen) atoms. The lowest BCUT2D eigenvalue weighted by molar-refractivity contribution is 0.263. The number of hydrogen-bond donors (Lipinski definition) is 0. The van der Waals surface area contributed by atoms with E-state index < -0.39 is 0 Å². The van der Waals surface area contributed by atoms with E-state index in [1.165, 1.54) is 31.5 Å². The number of aromatic nitrogens is 2. The van der Waals surface area contributed by atoms with Crippen molar-refractivity contribution in [2.45, 2.75) is 25.8 Å². The van der Waals surface area contributed by atoms with Gasteiger partial charge in [-0.05, 0) is 38.4 Å². The molecule has 5 nitrogen and oxygen atoms in total. The highest BCUT2D eigenvalue weighted by molar-refractivity contribution is 5.56. The maximum atomic E-state index is 5.21. The van der Waals surface area contributed by atoms with Crippen LogP contribution in [0.2, 0.25) is 0 Å². The van der Waals surface area contributed by atoms with E-state index in [4.69, 9.17) is 9.47 Å². The van der Waals surface area contributed by atoms with Crippen molar-refractivity contribution >= 4 is 0 Å². The van der Waals surface area contributed by atoms with E-state index in [-0.39, 0.29) is 0 Å². The van der Waals surface area contributed by atoms with E-state index in [9.17, 15) is 0 Å². The summed E-state index contributed by atoms with van der Waals surface area (Å²) in [7, 11) is 3.18. The molecule has 0 saturated carbocycles. The van der Waals surface area contributed by atoms with Crippen LogP contribution in [0.25, 0.3) is 11.4 Å². The summed E-state index contributed by atoms with van der Waals surface area (Å²) in [6.45, 7) is 4.66. The molecule has 0 bridgehead atoms. The van der Waals surface area contributed by atoms with Gasteiger partial charge in [0.25, 0.3) is 0 Å². The Bertz CT molecular complexity index is 630. The summed E-state index contributed by atoms with van der Waals surface area (Å²) in [5, 5.41) is 0. The average molecular weight is 313 g/mol. The van der Waals surface area contributed by atoms with Crippen LogP contribution in [-0.2, 0) is 0 Å². The van der Waals surface area contributed by atoms with Gasteiger partial charge in [-0.25, -0.2) is 0 Å². The van der Waals surface area contributed by atoms with Gasteiger partial charge in [-0.2, -0.15) is 9.97 Å². The van der Waals surface area contributed by atoms with Crippen LogP contribution in [0.1, 0.15) is 31.4 Å². The van der Waals surface area contributed by atoms with Crippen molar-refractivity contribution in [3.8, 4) is 23.1 Å². The molecule has 1 atom stereocenters. The van der Waals surface area contributed by atoms with Gasteiger partial charge in [0.15, 0.2) is 5.82 Å². The fraction of sp³-hybridized carbons (Fsp3) is 0.444. The van der Waals surface area contributed by atoms with Crippen molar-refractivity contribution in [2.75, 3.05) is 27.3 Å². The zero-order valence-corrected chi connectivity index (χ0v) is 14.0. The third-order valence-electron chi connectivity index (χ3n) is 4.44. The number of hydrogen-bond acceptors (Lipinski definition) is 5. The Hall–Kier alpha value is -2.14. The fourth-order valence-corrected chi connectivity index (χ4v) is 2.99. The van der Waals surface area contributed by atoms with E-state index in [2.05, 4.69) is 46.1 Å². The normalized spacial score (nSPS) is 16.3. The fourth-order valence-electron chi connectivity index (χ4n) is 2.99. The summed E-state index contributed by atoms with van der Waals surface area (Å²) in [6, 6.07) is 10.6. The first kappa shape index (κ1) is 15.7. The van der Waals surface area contributed by atoms with Crippen LogP contribution in [0.3, 0.4) is 0 Å². The zero-order chi connectivity index (χ0) is 16.2. The van der Waals surface area contributed by atoms with Gasteiger partial charge in [-0.1, -0.05) is 24.3 Å². The number of benzene rings is 1. The molecule has 122 valence electrons. The molecule has 0 radical (unpaired) electrons. The molecule has 0 spiro atoms. The lowest BCUT2D eigenvalue weighted by Crippen LogP contribution is -2.23. The topological polar surface area (TPSA) is 47.5 Å². The third-order valence-corrected chi connectivity index (χ3v) is 4.44. The predicted octanol–water partition coefficient (Wildman–Crippen LogP) is 3.32. The number of nitrogens with zero attached hydrogens (tertiary/aromatic N) is 3. The second-order valence-electron chi connectivity index (χ2n) is 5.82. The van der Waals surface area contributed by atoms with Gasteiger partial charge in [0.1, 0.15) is 0 Å². The van der Waals surface area contributed by atoms with E-state index in [0.29, 0.717) is 23.6 Å². The summed E-state index contributed by atoms with van der Waals surface area (Å²) in [5.41, 5.74) is 2.28. The minimum absolute atomic E-state index is 0.451. The Morgan fingerprint density at radius 2 is 1.52 bits per heavy atom. The average Bonchev–Trinajstić information content (AvgIpc) is 3.15. The van der Waals surface area contributed by atoms with Gasteiger partial charge in [-0.3, -0.25) is 4.90 Å². The van der Waals surface area contributed by atoms with E-state index in [1.54, 1.807) is 20.3 Å². The molecule has 0 unspecified atom stereocenters. The molecule has 1 aliphatic rings. The van der Waals surface area contributed by atoms with Crippen molar-refractivity contribution in [1.82, 2.24) is 14.9 Å². The standard InChI is InChI=1S/C18H23N3O2/c1-13(21-10-4-5-11-21)14-6-8-15(9-7-14)18-19-16(22-2)12-17(20-18)23-3/h6-9,12-13H,4-5,10-11H2,1-3H3/t13-/m1/s1. The SMILES string of the molecule is COc1cc(OC)nc(-c2ccc([C@@H](C)N3CCCC3)cc2)n1. The van der Waals surface area contributed by atoms with Crippen molar-refractivity contribution in [3.63, 3.8) is 0 Å². The molecular formula is C18H23N3O2. The van der Waals surface area contributed by atoms with E-state index in [0.717, 1.165) is 5.56 Å². The quantitative estimate of drug-likeness (QED) is 0.847. The molecule has 3 rings (SSSR count). The molecule has 1 aliphatic heterocycles. The highest BCUT2D eigenvalue weighted by atomic mass is 16.5. The van der Waals surface area contributed by atoms with Gasteiger partial charge >= 0.3 is 0 Å².